The van der Waals surface area contributed by atoms with Gasteiger partial charge in [-0.25, -0.2) is 0 Å². The molecule has 1 fully saturated rings. The van der Waals surface area contributed by atoms with Gasteiger partial charge in [0.2, 0.25) is 0 Å². The first-order valence-corrected chi connectivity index (χ1v) is 8.26. The molecule has 0 aromatic heterocycles. The smallest absolute Gasteiger partial charge is 0.0473 e. The lowest BCUT2D eigenvalue weighted by molar-refractivity contribution is 0.206. The summed E-state index contributed by atoms with van der Waals surface area (Å²) in [5.74, 6) is 0.931. The molecular weight excluding hydrogens is 244 g/mol. The Morgan fingerprint density at radius 2 is 2.05 bits per heavy atom. The number of nitrogens with zero attached hydrogens (tertiary/aromatic N) is 1. The molecule has 2 rings (SSSR count). The highest BCUT2D eigenvalue weighted by molar-refractivity contribution is 5.29. The third kappa shape index (κ3) is 3.83. The van der Waals surface area contributed by atoms with Crippen molar-refractivity contribution in [1.29, 1.82) is 0 Å². The maximum Gasteiger partial charge on any atom is 0.0473 e. The molecule has 0 spiro atoms. The fraction of sp³-hybridized carbons (Fsp3) is 0.667. The quantitative estimate of drug-likeness (QED) is 0.882. The molecule has 0 bridgehead atoms. The first-order valence-electron chi connectivity index (χ1n) is 8.26. The van der Waals surface area contributed by atoms with Crippen molar-refractivity contribution in [2.24, 2.45) is 11.7 Å². The van der Waals surface area contributed by atoms with E-state index in [2.05, 4.69) is 43.0 Å². The molecule has 0 radical (unpaired) electrons. The zero-order valence-corrected chi connectivity index (χ0v) is 13.1. The van der Waals surface area contributed by atoms with Crippen LogP contribution in [0.15, 0.2) is 24.3 Å². The SMILES string of the molecule is CCCC1CCCN(C(CN)c2ccccc2C)CC1. The summed E-state index contributed by atoms with van der Waals surface area (Å²) >= 11 is 0. The van der Waals surface area contributed by atoms with Crippen molar-refractivity contribution >= 4 is 0 Å². The van der Waals surface area contributed by atoms with E-state index < -0.39 is 0 Å². The van der Waals surface area contributed by atoms with Crippen molar-refractivity contribution in [3.8, 4) is 0 Å². The molecule has 2 nitrogen and oxygen atoms in total. The minimum absolute atomic E-state index is 0.400. The third-order valence-corrected chi connectivity index (χ3v) is 4.79. The first-order chi connectivity index (χ1) is 9.76. The van der Waals surface area contributed by atoms with Gasteiger partial charge in [0.05, 0.1) is 0 Å². The van der Waals surface area contributed by atoms with Gasteiger partial charge in [0, 0.05) is 12.6 Å². The van der Waals surface area contributed by atoms with Crippen LogP contribution in [0.3, 0.4) is 0 Å². The van der Waals surface area contributed by atoms with Crippen LogP contribution in [0.5, 0.6) is 0 Å². The molecule has 20 heavy (non-hydrogen) atoms. The van der Waals surface area contributed by atoms with E-state index in [9.17, 15) is 0 Å². The summed E-state index contributed by atoms with van der Waals surface area (Å²) in [6.07, 6.45) is 6.78. The van der Waals surface area contributed by atoms with Crippen LogP contribution >= 0.6 is 0 Å². The Labute approximate surface area is 124 Å². The zero-order chi connectivity index (χ0) is 14.4. The van der Waals surface area contributed by atoms with Gasteiger partial charge >= 0.3 is 0 Å². The van der Waals surface area contributed by atoms with Crippen molar-refractivity contribution in [2.45, 2.75) is 52.0 Å². The van der Waals surface area contributed by atoms with Crippen molar-refractivity contribution in [2.75, 3.05) is 19.6 Å². The van der Waals surface area contributed by atoms with E-state index in [4.69, 9.17) is 5.73 Å². The second kappa shape index (κ2) is 7.80. The highest BCUT2D eigenvalue weighted by atomic mass is 15.2. The normalized spacial score (nSPS) is 22.4. The fourth-order valence-electron chi connectivity index (χ4n) is 3.63. The minimum atomic E-state index is 0.400. The van der Waals surface area contributed by atoms with Gasteiger partial charge in [0.15, 0.2) is 0 Å². The molecule has 0 aliphatic carbocycles. The highest BCUT2D eigenvalue weighted by Gasteiger charge is 2.23. The van der Waals surface area contributed by atoms with E-state index in [1.807, 2.05) is 0 Å². The average molecular weight is 274 g/mol. The van der Waals surface area contributed by atoms with Crippen LogP contribution in [0.4, 0.5) is 0 Å². The molecule has 1 aromatic carbocycles. The fourth-order valence-corrected chi connectivity index (χ4v) is 3.63. The van der Waals surface area contributed by atoms with Crippen LogP contribution in [0.1, 0.15) is 56.2 Å². The number of aryl methyl sites for hydroxylation is 1. The average Bonchev–Trinajstić information content (AvgIpc) is 2.68. The monoisotopic (exact) mass is 274 g/mol. The van der Waals surface area contributed by atoms with Crippen LogP contribution in [0.2, 0.25) is 0 Å². The van der Waals surface area contributed by atoms with Crippen LogP contribution < -0.4 is 5.73 Å². The Bertz CT molecular complexity index is 402. The lowest BCUT2D eigenvalue weighted by atomic mass is 9.96. The topological polar surface area (TPSA) is 29.3 Å². The van der Waals surface area contributed by atoms with Crippen LogP contribution in [-0.2, 0) is 0 Å². The molecule has 1 saturated heterocycles. The van der Waals surface area contributed by atoms with Gasteiger partial charge in [-0.05, 0) is 56.3 Å². The van der Waals surface area contributed by atoms with E-state index in [0.29, 0.717) is 6.04 Å². The van der Waals surface area contributed by atoms with Gasteiger partial charge in [0.25, 0.3) is 0 Å². The summed E-state index contributed by atoms with van der Waals surface area (Å²) in [7, 11) is 0. The number of rotatable bonds is 5. The Hall–Kier alpha value is -0.860. The van der Waals surface area contributed by atoms with E-state index in [1.165, 1.54) is 56.3 Å². The van der Waals surface area contributed by atoms with Gasteiger partial charge in [-0.3, -0.25) is 4.90 Å². The summed E-state index contributed by atoms with van der Waals surface area (Å²) in [5, 5.41) is 0. The molecule has 112 valence electrons. The van der Waals surface area contributed by atoms with E-state index in [-0.39, 0.29) is 0 Å². The maximum atomic E-state index is 6.11. The summed E-state index contributed by atoms with van der Waals surface area (Å²) in [6, 6.07) is 9.11. The summed E-state index contributed by atoms with van der Waals surface area (Å²) in [4.78, 5) is 2.62. The van der Waals surface area contributed by atoms with Crippen molar-refractivity contribution in [1.82, 2.24) is 4.90 Å². The molecule has 2 atom stereocenters. The van der Waals surface area contributed by atoms with E-state index in [0.717, 1.165) is 12.5 Å². The number of hydrogen-bond donors (Lipinski definition) is 1. The van der Waals surface area contributed by atoms with Gasteiger partial charge in [-0.2, -0.15) is 0 Å². The van der Waals surface area contributed by atoms with Crippen LogP contribution in [0, 0.1) is 12.8 Å². The first kappa shape index (κ1) is 15.5. The minimum Gasteiger partial charge on any atom is -0.329 e. The van der Waals surface area contributed by atoms with Gasteiger partial charge in [-0.1, -0.05) is 44.0 Å². The molecule has 1 aliphatic heterocycles. The summed E-state index contributed by atoms with van der Waals surface area (Å²) in [5.41, 5.74) is 8.90. The van der Waals surface area contributed by atoms with Gasteiger partial charge in [0.1, 0.15) is 0 Å². The highest BCUT2D eigenvalue weighted by Crippen LogP contribution is 2.28. The number of nitrogens with two attached hydrogens (primary N) is 1. The molecule has 2 N–H and O–H groups in total. The molecule has 2 heteroatoms. The van der Waals surface area contributed by atoms with E-state index in [1.54, 1.807) is 0 Å². The van der Waals surface area contributed by atoms with Crippen molar-refractivity contribution in [3.05, 3.63) is 35.4 Å². The molecule has 0 saturated carbocycles. The Balaban J connectivity index is 2.06. The molecule has 2 unspecified atom stereocenters. The van der Waals surface area contributed by atoms with E-state index >= 15 is 0 Å². The van der Waals surface area contributed by atoms with Gasteiger partial charge < -0.3 is 5.73 Å². The number of hydrogen-bond acceptors (Lipinski definition) is 2. The lowest BCUT2D eigenvalue weighted by Gasteiger charge is -2.31. The standard InChI is InChI=1S/C18H30N2/c1-3-7-16-9-6-12-20(13-11-16)18(14-19)17-10-5-4-8-15(17)2/h4-5,8,10,16,18H,3,6-7,9,11-14,19H2,1-2H3. The lowest BCUT2D eigenvalue weighted by Crippen LogP contribution is -2.35. The predicted octanol–water partition coefficient (Wildman–Crippen LogP) is 3.90. The number of likely N-dealkylation sites (tertiary alicyclic amines) is 1. The van der Waals surface area contributed by atoms with Crippen LogP contribution in [0.25, 0.3) is 0 Å². The second-order valence-corrected chi connectivity index (χ2v) is 6.23. The number of benzene rings is 1. The van der Waals surface area contributed by atoms with Crippen molar-refractivity contribution < 1.29 is 0 Å². The molecule has 0 amide bonds. The van der Waals surface area contributed by atoms with Gasteiger partial charge in [-0.15, -0.1) is 0 Å². The molecule has 1 heterocycles. The third-order valence-electron chi connectivity index (χ3n) is 4.79. The molecular formula is C18H30N2. The Morgan fingerprint density at radius 3 is 2.75 bits per heavy atom. The zero-order valence-electron chi connectivity index (χ0n) is 13.1. The maximum absolute atomic E-state index is 6.11. The Morgan fingerprint density at radius 1 is 1.25 bits per heavy atom. The summed E-state index contributed by atoms with van der Waals surface area (Å²) in [6.45, 7) is 7.65. The van der Waals surface area contributed by atoms with Crippen LogP contribution in [-0.4, -0.2) is 24.5 Å². The largest absolute Gasteiger partial charge is 0.329 e. The second-order valence-electron chi connectivity index (χ2n) is 6.23. The Kier molecular flexibility index (Phi) is 6.06. The predicted molar refractivity (Wildman–Crippen MR) is 86.8 cm³/mol. The molecule has 1 aromatic rings. The van der Waals surface area contributed by atoms with Crippen molar-refractivity contribution in [3.63, 3.8) is 0 Å². The molecule has 1 aliphatic rings. The summed E-state index contributed by atoms with van der Waals surface area (Å²) < 4.78 is 0.